The zero-order valence-corrected chi connectivity index (χ0v) is 12.5. The second-order valence-electron chi connectivity index (χ2n) is 5.81. The number of likely N-dealkylation sites (N-methyl/N-ethyl adjacent to an activating group) is 1. The molecule has 118 valence electrons. The number of carbonyl (C=O) groups excluding carboxylic acids is 2. The lowest BCUT2D eigenvalue weighted by molar-refractivity contribution is -0.138. The first-order valence-corrected chi connectivity index (χ1v) is 7.50. The number of urea groups is 1. The van der Waals surface area contributed by atoms with E-state index in [-0.39, 0.29) is 30.9 Å². The molecule has 0 aromatic heterocycles. The zero-order chi connectivity index (χ0) is 15.4. The molecular formula is C14H23N3O4. The van der Waals surface area contributed by atoms with Gasteiger partial charge in [0.15, 0.2) is 0 Å². The highest BCUT2D eigenvalue weighted by Gasteiger charge is 2.33. The number of rotatable bonds is 4. The number of carboxylic acid groups (broad SMARTS) is 1. The number of carbonyl (C=O) groups is 3. The van der Waals surface area contributed by atoms with Crippen molar-refractivity contribution in [3.8, 4) is 0 Å². The quantitative estimate of drug-likeness (QED) is 0.824. The summed E-state index contributed by atoms with van der Waals surface area (Å²) in [4.78, 5) is 40.0. The van der Waals surface area contributed by atoms with Gasteiger partial charge in [0, 0.05) is 32.7 Å². The molecule has 1 unspecified atom stereocenters. The van der Waals surface area contributed by atoms with Gasteiger partial charge in [-0.3, -0.25) is 9.59 Å². The minimum Gasteiger partial charge on any atom is -0.481 e. The predicted molar refractivity (Wildman–Crippen MR) is 75.8 cm³/mol. The Labute approximate surface area is 124 Å². The fourth-order valence-corrected chi connectivity index (χ4v) is 3.06. The summed E-state index contributed by atoms with van der Waals surface area (Å²) in [7, 11) is 1.60. The van der Waals surface area contributed by atoms with Gasteiger partial charge in [0.25, 0.3) is 0 Å². The van der Waals surface area contributed by atoms with Crippen LogP contribution in [-0.4, -0.2) is 77.0 Å². The second kappa shape index (κ2) is 6.78. The van der Waals surface area contributed by atoms with Gasteiger partial charge in [0.1, 0.15) is 6.54 Å². The highest BCUT2D eigenvalue weighted by atomic mass is 16.4. The summed E-state index contributed by atoms with van der Waals surface area (Å²) in [6.07, 6.45) is 3.55. The van der Waals surface area contributed by atoms with Crippen LogP contribution in [0, 0.1) is 0 Å². The lowest BCUT2D eigenvalue weighted by Crippen LogP contribution is -2.48. The maximum atomic E-state index is 12.4. The standard InChI is InChI=1S/C14H23N3O4/c1-15(10-12(18)16-6-2-3-7-16)14(21)17-8-4-5-11(17)9-13(19)20/h11H,2-10H2,1H3,(H,19,20). The highest BCUT2D eigenvalue weighted by molar-refractivity contribution is 5.84. The van der Waals surface area contributed by atoms with Crippen molar-refractivity contribution in [1.29, 1.82) is 0 Å². The Bertz CT molecular complexity index is 420. The van der Waals surface area contributed by atoms with Gasteiger partial charge < -0.3 is 19.8 Å². The molecule has 0 aliphatic carbocycles. The van der Waals surface area contributed by atoms with Crippen molar-refractivity contribution >= 4 is 17.9 Å². The summed E-state index contributed by atoms with van der Waals surface area (Å²) in [6, 6.07) is -0.495. The van der Waals surface area contributed by atoms with Crippen LogP contribution in [0.5, 0.6) is 0 Å². The number of hydrogen-bond acceptors (Lipinski definition) is 3. The van der Waals surface area contributed by atoms with Gasteiger partial charge in [0.2, 0.25) is 5.91 Å². The van der Waals surface area contributed by atoms with E-state index in [1.54, 1.807) is 16.8 Å². The normalized spacial score (nSPS) is 21.7. The van der Waals surface area contributed by atoms with Gasteiger partial charge in [0.05, 0.1) is 6.42 Å². The third-order valence-electron chi connectivity index (χ3n) is 4.19. The zero-order valence-electron chi connectivity index (χ0n) is 12.5. The highest BCUT2D eigenvalue weighted by Crippen LogP contribution is 2.21. The van der Waals surface area contributed by atoms with Crippen LogP contribution >= 0.6 is 0 Å². The fraction of sp³-hybridized carbons (Fsp3) is 0.786. The summed E-state index contributed by atoms with van der Waals surface area (Å²) in [5.74, 6) is -0.923. The number of carboxylic acids is 1. The molecule has 2 saturated heterocycles. The van der Waals surface area contributed by atoms with Crippen molar-refractivity contribution in [2.24, 2.45) is 0 Å². The van der Waals surface area contributed by atoms with Gasteiger partial charge in [-0.1, -0.05) is 0 Å². The summed E-state index contributed by atoms with van der Waals surface area (Å²) in [5.41, 5.74) is 0. The van der Waals surface area contributed by atoms with Gasteiger partial charge in [-0.15, -0.1) is 0 Å². The molecule has 0 saturated carbocycles. The summed E-state index contributed by atoms with van der Waals surface area (Å²) in [5, 5.41) is 8.89. The largest absolute Gasteiger partial charge is 0.481 e. The molecule has 0 spiro atoms. The molecule has 2 fully saturated rings. The molecule has 0 aromatic rings. The number of likely N-dealkylation sites (tertiary alicyclic amines) is 2. The van der Waals surface area contributed by atoms with Gasteiger partial charge in [-0.2, -0.15) is 0 Å². The van der Waals surface area contributed by atoms with Crippen molar-refractivity contribution < 1.29 is 19.5 Å². The topological polar surface area (TPSA) is 81.2 Å². The fourth-order valence-electron chi connectivity index (χ4n) is 3.06. The minimum atomic E-state index is -0.893. The Morgan fingerprint density at radius 3 is 2.43 bits per heavy atom. The Morgan fingerprint density at radius 2 is 1.81 bits per heavy atom. The van der Waals surface area contributed by atoms with E-state index in [9.17, 15) is 14.4 Å². The minimum absolute atomic E-state index is 0.0281. The van der Waals surface area contributed by atoms with Crippen molar-refractivity contribution in [2.45, 2.75) is 38.1 Å². The third-order valence-corrected chi connectivity index (χ3v) is 4.19. The maximum absolute atomic E-state index is 12.4. The van der Waals surface area contributed by atoms with Crippen molar-refractivity contribution in [1.82, 2.24) is 14.7 Å². The SMILES string of the molecule is CN(CC(=O)N1CCCC1)C(=O)N1CCCC1CC(=O)O. The van der Waals surface area contributed by atoms with E-state index in [1.165, 1.54) is 4.90 Å². The van der Waals surface area contributed by atoms with E-state index in [1.807, 2.05) is 0 Å². The first-order valence-electron chi connectivity index (χ1n) is 7.50. The summed E-state index contributed by atoms with van der Waals surface area (Å²) < 4.78 is 0. The van der Waals surface area contributed by atoms with Crippen LogP contribution in [0.15, 0.2) is 0 Å². The average Bonchev–Trinajstić information content (AvgIpc) is 3.07. The maximum Gasteiger partial charge on any atom is 0.320 e. The van der Waals surface area contributed by atoms with E-state index in [2.05, 4.69) is 0 Å². The smallest absolute Gasteiger partial charge is 0.320 e. The van der Waals surface area contributed by atoms with E-state index < -0.39 is 5.97 Å². The Balaban J connectivity index is 1.88. The van der Waals surface area contributed by atoms with Crippen LogP contribution in [0.2, 0.25) is 0 Å². The molecule has 3 amide bonds. The first-order chi connectivity index (χ1) is 9.99. The Hall–Kier alpha value is -1.79. The predicted octanol–water partition coefficient (Wildman–Crippen LogP) is 0.600. The Kier molecular flexibility index (Phi) is 5.03. The molecule has 2 aliphatic rings. The molecule has 2 aliphatic heterocycles. The molecule has 0 radical (unpaired) electrons. The molecule has 0 bridgehead atoms. The molecule has 2 rings (SSSR count). The van der Waals surface area contributed by atoms with Crippen molar-refractivity contribution in [2.75, 3.05) is 33.2 Å². The summed E-state index contributed by atoms with van der Waals surface area (Å²) >= 11 is 0. The Morgan fingerprint density at radius 1 is 1.14 bits per heavy atom. The molecule has 2 heterocycles. The molecule has 21 heavy (non-hydrogen) atoms. The van der Waals surface area contributed by atoms with Gasteiger partial charge in [-0.25, -0.2) is 4.79 Å². The van der Waals surface area contributed by atoms with Crippen molar-refractivity contribution in [3.05, 3.63) is 0 Å². The van der Waals surface area contributed by atoms with Crippen LogP contribution in [-0.2, 0) is 9.59 Å². The monoisotopic (exact) mass is 297 g/mol. The lowest BCUT2D eigenvalue weighted by atomic mass is 10.1. The summed E-state index contributed by atoms with van der Waals surface area (Å²) in [6.45, 7) is 2.17. The average molecular weight is 297 g/mol. The molecule has 7 heteroatoms. The van der Waals surface area contributed by atoms with E-state index in [0.29, 0.717) is 13.0 Å². The first kappa shape index (κ1) is 15.6. The molecule has 7 nitrogen and oxygen atoms in total. The second-order valence-corrected chi connectivity index (χ2v) is 5.81. The number of hydrogen-bond donors (Lipinski definition) is 1. The van der Waals surface area contributed by atoms with Gasteiger partial charge >= 0.3 is 12.0 Å². The van der Waals surface area contributed by atoms with Crippen LogP contribution in [0.1, 0.15) is 32.1 Å². The lowest BCUT2D eigenvalue weighted by Gasteiger charge is -2.29. The molecule has 0 aromatic carbocycles. The van der Waals surface area contributed by atoms with E-state index in [4.69, 9.17) is 5.11 Å². The van der Waals surface area contributed by atoms with Crippen LogP contribution in [0.25, 0.3) is 0 Å². The molecule has 1 atom stereocenters. The van der Waals surface area contributed by atoms with Crippen LogP contribution in [0.4, 0.5) is 4.79 Å². The third kappa shape index (κ3) is 3.86. The van der Waals surface area contributed by atoms with Crippen molar-refractivity contribution in [3.63, 3.8) is 0 Å². The number of nitrogens with zero attached hydrogens (tertiary/aromatic N) is 3. The molecule has 1 N–H and O–H groups in total. The molecular weight excluding hydrogens is 274 g/mol. The van der Waals surface area contributed by atoms with E-state index >= 15 is 0 Å². The van der Waals surface area contributed by atoms with Crippen LogP contribution < -0.4 is 0 Å². The number of amides is 3. The van der Waals surface area contributed by atoms with Crippen LogP contribution in [0.3, 0.4) is 0 Å². The van der Waals surface area contributed by atoms with Gasteiger partial charge in [-0.05, 0) is 25.7 Å². The number of aliphatic carboxylic acids is 1. The van der Waals surface area contributed by atoms with E-state index in [0.717, 1.165) is 32.4 Å².